The molecule has 0 bridgehead atoms. The number of H-pyrrole nitrogens is 1. The van der Waals surface area contributed by atoms with Crippen molar-refractivity contribution in [3.05, 3.63) is 23.8 Å². The van der Waals surface area contributed by atoms with Crippen LogP contribution in [-0.4, -0.2) is 29.0 Å². The summed E-state index contributed by atoms with van der Waals surface area (Å²) in [5.41, 5.74) is 3.16. The van der Waals surface area contributed by atoms with Crippen LogP contribution in [0.5, 0.6) is 0 Å². The summed E-state index contributed by atoms with van der Waals surface area (Å²) in [6.07, 6.45) is 0.986. The molecule has 4 nitrogen and oxygen atoms in total. The molecule has 13 heavy (non-hydrogen) atoms. The van der Waals surface area contributed by atoms with E-state index in [0.717, 1.165) is 24.0 Å². The fraction of sp³-hybridized carbons (Fsp3) is 0.333. The Morgan fingerprint density at radius 2 is 2.31 bits per heavy atom. The summed E-state index contributed by atoms with van der Waals surface area (Å²) in [6, 6.07) is 6.06. The molecular formula is C9H12N4. The predicted octanol–water partition coefficient (Wildman–Crippen LogP) is 0.720. The monoisotopic (exact) mass is 176 g/mol. The number of rotatable bonds is 3. The van der Waals surface area contributed by atoms with E-state index in [2.05, 4.69) is 26.8 Å². The Bertz CT molecular complexity index is 393. The minimum atomic E-state index is 0.939. The number of para-hydroxylation sites is 1. The Morgan fingerprint density at radius 3 is 3.15 bits per heavy atom. The molecule has 0 aliphatic carbocycles. The van der Waals surface area contributed by atoms with Crippen LogP contribution in [0.15, 0.2) is 18.2 Å². The number of nitrogens with one attached hydrogen (secondary N) is 2. The van der Waals surface area contributed by atoms with Crippen molar-refractivity contribution in [1.82, 2.24) is 20.7 Å². The SMILES string of the molecule is CNCCc1cccc2n[nH]nc12. The van der Waals surface area contributed by atoms with Gasteiger partial charge in [0, 0.05) is 0 Å². The number of hydrogen-bond acceptors (Lipinski definition) is 3. The molecule has 0 unspecified atom stereocenters. The van der Waals surface area contributed by atoms with E-state index in [1.54, 1.807) is 0 Å². The number of likely N-dealkylation sites (N-methyl/N-ethyl adjacent to an activating group) is 1. The Balaban J connectivity index is 2.37. The zero-order chi connectivity index (χ0) is 9.10. The van der Waals surface area contributed by atoms with Gasteiger partial charge < -0.3 is 5.32 Å². The third-order valence-corrected chi connectivity index (χ3v) is 2.07. The van der Waals surface area contributed by atoms with Gasteiger partial charge in [0.2, 0.25) is 0 Å². The molecule has 0 saturated carbocycles. The van der Waals surface area contributed by atoms with Crippen molar-refractivity contribution >= 4 is 11.0 Å². The summed E-state index contributed by atoms with van der Waals surface area (Å²) in [5, 5.41) is 13.9. The van der Waals surface area contributed by atoms with Gasteiger partial charge in [0.15, 0.2) is 0 Å². The second-order valence-electron chi connectivity index (χ2n) is 2.96. The van der Waals surface area contributed by atoms with Gasteiger partial charge in [-0.3, -0.25) is 0 Å². The zero-order valence-corrected chi connectivity index (χ0v) is 7.54. The van der Waals surface area contributed by atoms with Crippen molar-refractivity contribution in [2.24, 2.45) is 0 Å². The highest BCUT2D eigenvalue weighted by Gasteiger charge is 2.02. The Kier molecular flexibility index (Phi) is 2.23. The quantitative estimate of drug-likeness (QED) is 0.724. The van der Waals surface area contributed by atoms with E-state index in [1.807, 2.05) is 19.2 Å². The molecule has 0 fully saturated rings. The number of aromatic amines is 1. The molecule has 4 heteroatoms. The lowest BCUT2D eigenvalue weighted by atomic mass is 10.1. The molecule has 0 saturated heterocycles. The van der Waals surface area contributed by atoms with Gasteiger partial charge in [-0.25, -0.2) is 0 Å². The topological polar surface area (TPSA) is 53.6 Å². The van der Waals surface area contributed by atoms with E-state index < -0.39 is 0 Å². The van der Waals surface area contributed by atoms with Crippen molar-refractivity contribution in [2.75, 3.05) is 13.6 Å². The lowest BCUT2D eigenvalue weighted by molar-refractivity contribution is 0.793. The third-order valence-electron chi connectivity index (χ3n) is 2.07. The van der Waals surface area contributed by atoms with Crippen molar-refractivity contribution in [3.63, 3.8) is 0 Å². The third kappa shape index (κ3) is 1.53. The normalized spacial score (nSPS) is 10.8. The van der Waals surface area contributed by atoms with Crippen LogP contribution in [0, 0.1) is 0 Å². The fourth-order valence-corrected chi connectivity index (χ4v) is 1.39. The van der Waals surface area contributed by atoms with Crippen LogP contribution in [0.25, 0.3) is 11.0 Å². The summed E-state index contributed by atoms with van der Waals surface area (Å²) in [6.45, 7) is 0.964. The van der Waals surface area contributed by atoms with E-state index in [4.69, 9.17) is 0 Å². The molecule has 68 valence electrons. The summed E-state index contributed by atoms with van der Waals surface area (Å²) < 4.78 is 0. The minimum Gasteiger partial charge on any atom is -0.319 e. The zero-order valence-electron chi connectivity index (χ0n) is 7.54. The van der Waals surface area contributed by atoms with Gasteiger partial charge in [-0.1, -0.05) is 12.1 Å². The Hall–Kier alpha value is -1.42. The molecule has 0 aliphatic heterocycles. The Labute approximate surface area is 76.3 Å². The van der Waals surface area contributed by atoms with Crippen LogP contribution in [0.4, 0.5) is 0 Å². The molecule has 0 aliphatic rings. The van der Waals surface area contributed by atoms with Crippen LogP contribution < -0.4 is 5.32 Å². The number of benzene rings is 1. The highest BCUT2D eigenvalue weighted by atomic mass is 15.3. The number of aromatic nitrogens is 3. The summed E-state index contributed by atoms with van der Waals surface area (Å²) in [4.78, 5) is 0. The first kappa shape index (κ1) is 8.19. The molecule has 1 aromatic carbocycles. The van der Waals surface area contributed by atoms with Gasteiger partial charge in [-0.15, -0.1) is 0 Å². The predicted molar refractivity (Wildman–Crippen MR) is 51.5 cm³/mol. The number of fused-ring (bicyclic) bond motifs is 1. The minimum absolute atomic E-state index is 0.939. The molecule has 2 rings (SSSR count). The van der Waals surface area contributed by atoms with Crippen LogP contribution in [0.1, 0.15) is 5.56 Å². The van der Waals surface area contributed by atoms with Crippen LogP contribution in [0.3, 0.4) is 0 Å². The second kappa shape index (κ2) is 3.53. The van der Waals surface area contributed by atoms with Gasteiger partial charge in [0.25, 0.3) is 0 Å². The first-order valence-corrected chi connectivity index (χ1v) is 4.35. The smallest absolute Gasteiger partial charge is 0.116 e. The van der Waals surface area contributed by atoms with E-state index in [1.165, 1.54) is 5.56 Å². The molecule has 0 spiro atoms. The van der Waals surface area contributed by atoms with Gasteiger partial charge in [0.05, 0.1) is 0 Å². The number of nitrogens with zero attached hydrogens (tertiary/aromatic N) is 2. The highest BCUT2D eigenvalue weighted by molar-refractivity contribution is 5.77. The first-order chi connectivity index (χ1) is 6.42. The molecule has 1 aromatic heterocycles. The van der Waals surface area contributed by atoms with E-state index >= 15 is 0 Å². The van der Waals surface area contributed by atoms with Crippen LogP contribution >= 0.6 is 0 Å². The molecule has 0 radical (unpaired) electrons. The summed E-state index contributed by atoms with van der Waals surface area (Å²) >= 11 is 0. The van der Waals surface area contributed by atoms with E-state index in [9.17, 15) is 0 Å². The first-order valence-electron chi connectivity index (χ1n) is 4.35. The summed E-state index contributed by atoms with van der Waals surface area (Å²) in [7, 11) is 1.95. The van der Waals surface area contributed by atoms with E-state index in [-0.39, 0.29) is 0 Å². The second-order valence-corrected chi connectivity index (χ2v) is 2.96. The van der Waals surface area contributed by atoms with Gasteiger partial charge >= 0.3 is 0 Å². The van der Waals surface area contributed by atoms with E-state index in [0.29, 0.717) is 0 Å². The molecule has 0 atom stereocenters. The average Bonchev–Trinajstić information content (AvgIpc) is 2.62. The largest absolute Gasteiger partial charge is 0.319 e. The maximum atomic E-state index is 4.11. The summed E-state index contributed by atoms with van der Waals surface area (Å²) in [5.74, 6) is 0. The lowest BCUT2D eigenvalue weighted by Crippen LogP contribution is -2.10. The van der Waals surface area contributed by atoms with Crippen molar-refractivity contribution in [3.8, 4) is 0 Å². The van der Waals surface area contributed by atoms with Gasteiger partial charge in [-0.05, 0) is 31.6 Å². The lowest BCUT2D eigenvalue weighted by Gasteiger charge is -1.99. The molecule has 2 N–H and O–H groups in total. The maximum absolute atomic E-state index is 4.11. The number of hydrogen-bond donors (Lipinski definition) is 2. The van der Waals surface area contributed by atoms with Gasteiger partial charge in [-0.2, -0.15) is 15.4 Å². The molecule has 0 amide bonds. The van der Waals surface area contributed by atoms with Crippen LogP contribution in [-0.2, 0) is 6.42 Å². The van der Waals surface area contributed by atoms with Crippen LogP contribution in [0.2, 0.25) is 0 Å². The molecular weight excluding hydrogens is 164 g/mol. The molecule has 2 aromatic rings. The van der Waals surface area contributed by atoms with Gasteiger partial charge in [0.1, 0.15) is 11.0 Å². The molecule has 1 heterocycles. The van der Waals surface area contributed by atoms with Crippen molar-refractivity contribution in [2.45, 2.75) is 6.42 Å². The maximum Gasteiger partial charge on any atom is 0.116 e. The average molecular weight is 176 g/mol. The Morgan fingerprint density at radius 1 is 1.38 bits per heavy atom. The van der Waals surface area contributed by atoms with Crippen molar-refractivity contribution in [1.29, 1.82) is 0 Å². The fourth-order valence-electron chi connectivity index (χ4n) is 1.39. The highest BCUT2D eigenvalue weighted by Crippen LogP contribution is 2.13. The standard InChI is InChI=1S/C9H12N4/c1-10-6-5-7-3-2-4-8-9(7)12-13-11-8/h2-4,10H,5-6H2,1H3,(H,11,12,13). The van der Waals surface area contributed by atoms with Crippen molar-refractivity contribution < 1.29 is 0 Å².